The van der Waals surface area contributed by atoms with Crippen LogP contribution in [0.5, 0.6) is 5.75 Å². The number of hydrogen-bond acceptors (Lipinski definition) is 4. The highest BCUT2D eigenvalue weighted by atomic mass is 35.5. The van der Waals surface area contributed by atoms with Crippen LogP contribution in [0, 0.1) is 0 Å². The molecule has 0 unspecified atom stereocenters. The number of carboxylic acid groups (broad SMARTS) is 1. The van der Waals surface area contributed by atoms with Gasteiger partial charge in [-0.05, 0) is 18.2 Å². The molecule has 0 spiro atoms. The predicted molar refractivity (Wildman–Crippen MR) is 68.5 cm³/mol. The Labute approximate surface area is 122 Å². The molecule has 0 aliphatic carbocycles. The van der Waals surface area contributed by atoms with Gasteiger partial charge in [0.2, 0.25) is 0 Å². The number of carbonyl (C=O) groups is 1. The SMILES string of the molecule is O=C(O)Cc1cn(Cc2cc(Cl)ccc2OC(F)F)nn1. The number of benzene rings is 1. The Morgan fingerprint density at radius 2 is 2.24 bits per heavy atom. The Bertz CT molecular complexity index is 648. The van der Waals surface area contributed by atoms with Crippen molar-refractivity contribution in [2.24, 2.45) is 0 Å². The van der Waals surface area contributed by atoms with Gasteiger partial charge in [-0.3, -0.25) is 4.79 Å². The molecule has 0 fully saturated rings. The molecule has 1 aromatic carbocycles. The lowest BCUT2D eigenvalue weighted by Crippen LogP contribution is -2.07. The summed E-state index contributed by atoms with van der Waals surface area (Å²) in [6, 6.07) is 4.23. The first kappa shape index (κ1) is 15.2. The maximum Gasteiger partial charge on any atom is 0.387 e. The molecule has 2 aromatic rings. The van der Waals surface area contributed by atoms with Gasteiger partial charge >= 0.3 is 12.6 Å². The number of carboxylic acids is 1. The minimum Gasteiger partial charge on any atom is -0.481 e. The topological polar surface area (TPSA) is 77.2 Å². The summed E-state index contributed by atoms with van der Waals surface area (Å²) in [5, 5.41) is 16.4. The molecule has 6 nitrogen and oxygen atoms in total. The van der Waals surface area contributed by atoms with Crippen molar-refractivity contribution in [3.63, 3.8) is 0 Å². The van der Waals surface area contributed by atoms with Gasteiger partial charge in [0, 0.05) is 16.8 Å². The maximum absolute atomic E-state index is 12.3. The molecule has 0 atom stereocenters. The second kappa shape index (κ2) is 6.49. The van der Waals surface area contributed by atoms with Gasteiger partial charge in [-0.2, -0.15) is 8.78 Å². The third-order valence-corrected chi connectivity index (χ3v) is 2.72. The van der Waals surface area contributed by atoms with E-state index in [2.05, 4.69) is 15.0 Å². The van der Waals surface area contributed by atoms with Gasteiger partial charge in [0.15, 0.2) is 0 Å². The molecule has 1 aromatic heterocycles. The molecule has 2 rings (SSSR count). The van der Waals surface area contributed by atoms with Crippen LogP contribution in [-0.4, -0.2) is 32.7 Å². The summed E-state index contributed by atoms with van der Waals surface area (Å²) in [5.74, 6) is -1.06. The molecule has 1 N–H and O–H groups in total. The van der Waals surface area contributed by atoms with E-state index in [1.54, 1.807) is 0 Å². The molecule has 21 heavy (non-hydrogen) atoms. The van der Waals surface area contributed by atoms with E-state index in [9.17, 15) is 13.6 Å². The van der Waals surface area contributed by atoms with E-state index in [-0.39, 0.29) is 24.4 Å². The minimum absolute atomic E-state index is 0.0234. The lowest BCUT2D eigenvalue weighted by molar-refractivity contribution is -0.136. The summed E-state index contributed by atoms with van der Waals surface area (Å²) in [5.41, 5.74) is 0.649. The molecule has 112 valence electrons. The van der Waals surface area contributed by atoms with Crippen molar-refractivity contribution in [3.05, 3.63) is 40.7 Å². The van der Waals surface area contributed by atoms with Gasteiger partial charge in [0.25, 0.3) is 0 Å². The maximum atomic E-state index is 12.3. The molecule has 0 radical (unpaired) electrons. The van der Waals surface area contributed by atoms with E-state index in [1.807, 2.05) is 0 Å². The molecule has 0 aliphatic rings. The molecule has 0 saturated heterocycles. The molecule has 0 saturated carbocycles. The first-order valence-electron chi connectivity index (χ1n) is 5.78. The number of nitrogens with zero attached hydrogens (tertiary/aromatic N) is 3. The van der Waals surface area contributed by atoms with Crippen molar-refractivity contribution < 1.29 is 23.4 Å². The summed E-state index contributed by atoms with van der Waals surface area (Å²) in [7, 11) is 0. The third kappa shape index (κ3) is 4.38. The highest BCUT2D eigenvalue weighted by molar-refractivity contribution is 6.30. The zero-order valence-corrected chi connectivity index (χ0v) is 11.3. The van der Waals surface area contributed by atoms with E-state index < -0.39 is 12.6 Å². The summed E-state index contributed by atoms with van der Waals surface area (Å²) in [6.45, 7) is -2.88. The van der Waals surface area contributed by atoms with Gasteiger partial charge in [0.05, 0.1) is 18.7 Å². The molecule has 0 aliphatic heterocycles. The van der Waals surface area contributed by atoms with E-state index in [0.29, 0.717) is 10.6 Å². The summed E-state index contributed by atoms with van der Waals surface area (Å²) in [4.78, 5) is 10.6. The second-order valence-corrected chi connectivity index (χ2v) is 4.54. The van der Waals surface area contributed by atoms with Crippen molar-refractivity contribution in [1.82, 2.24) is 15.0 Å². The predicted octanol–water partition coefficient (Wildman–Crippen LogP) is 2.21. The minimum atomic E-state index is -2.96. The number of aromatic nitrogens is 3. The van der Waals surface area contributed by atoms with E-state index in [1.165, 1.54) is 29.1 Å². The van der Waals surface area contributed by atoms with Gasteiger partial charge in [-0.25, -0.2) is 4.68 Å². The first-order valence-corrected chi connectivity index (χ1v) is 6.16. The number of rotatable bonds is 6. The molecule has 9 heteroatoms. The van der Waals surface area contributed by atoms with E-state index in [4.69, 9.17) is 16.7 Å². The molecular weight excluding hydrogens is 308 g/mol. The number of ether oxygens (including phenoxy) is 1. The van der Waals surface area contributed by atoms with Crippen LogP contribution in [0.3, 0.4) is 0 Å². The molecule has 1 heterocycles. The van der Waals surface area contributed by atoms with Crippen molar-refractivity contribution in [1.29, 1.82) is 0 Å². The Morgan fingerprint density at radius 1 is 1.48 bits per heavy atom. The van der Waals surface area contributed by atoms with Gasteiger partial charge in [-0.1, -0.05) is 16.8 Å². The average molecular weight is 318 g/mol. The first-order chi connectivity index (χ1) is 9.94. The van der Waals surface area contributed by atoms with E-state index >= 15 is 0 Å². The Morgan fingerprint density at radius 3 is 2.90 bits per heavy atom. The fourth-order valence-corrected chi connectivity index (χ4v) is 1.90. The zero-order chi connectivity index (χ0) is 15.4. The van der Waals surface area contributed by atoms with Crippen molar-refractivity contribution in [2.75, 3.05) is 0 Å². The van der Waals surface area contributed by atoms with Gasteiger partial charge in [-0.15, -0.1) is 5.10 Å². The van der Waals surface area contributed by atoms with Crippen LogP contribution >= 0.6 is 11.6 Å². The third-order valence-electron chi connectivity index (χ3n) is 2.49. The Balaban J connectivity index is 2.19. The quantitative estimate of drug-likeness (QED) is 0.884. The van der Waals surface area contributed by atoms with Crippen LogP contribution in [0.1, 0.15) is 11.3 Å². The zero-order valence-electron chi connectivity index (χ0n) is 10.5. The Kier molecular flexibility index (Phi) is 4.69. The number of halogens is 3. The number of hydrogen-bond donors (Lipinski definition) is 1. The normalized spacial score (nSPS) is 10.9. The van der Waals surface area contributed by atoms with Crippen LogP contribution < -0.4 is 4.74 Å². The smallest absolute Gasteiger partial charge is 0.387 e. The van der Waals surface area contributed by atoms with Crippen LogP contribution in [0.2, 0.25) is 5.02 Å². The van der Waals surface area contributed by atoms with Crippen molar-refractivity contribution >= 4 is 17.6 Å². The lowest BCUT2D eigenvalue weighted by atomic mass is 10.2. The van der Waals surface area contributed by atoms with E-state index in [0.717, 1.165) is 0 Å². The number of aliphatic carboxylic acids is 1. The Hall–Kier alpha value is -2.22. The average Bonchev–Trinajstić information content (AvgIpc) is 2.78. The molecular formula is C12H10ClF2N3O3. The molecule has 0 bridgehead atoms. The summed E-state index contributed by atoms with van der Waals surface area (Å²) < 4.78 is 30.4. The largest absolute Gasteiger partial charge is 0.481 e. The standard InChI is InChI=1S/C12H10ClF2N3O3/c13-8-1-2-10(21-12(14)15)7(3-8)5-18-6-9(16-17-18)4-11(19)20/h1-3,6,12H,4-5H2,(H,19,20). The highest BCUT2D eigenvalue weighted by Gasteiger charge is 2.12. The van der Waals surface area contributed by atoms with Crippen molar-refractivity contribution in [3.8, 4) is 5.75 Å². The van der Waals surface area contributed by atoms with Crippen LogP contribution in [0.4, 0.5) is 8.78 Å². The van der Waals surface area contributed by atoms with Crippen molar-refractivity contribution in [2.45, 2.75) is 19.6 Å². The van der Waals surface area contributed by atoms with Crippen LogP contribution in [0.15, 0.2) is 24.4 Å². The fourth-order valence-electron chi connectivity index (χ4n) is 1.71. The van der Waals surface area contributed by atoms with Crippen LogP contribution in [-0.2, 0) is 17.8 Å². The number of alkyl halides is 2. The lowest BCUT2D eigenvalue weighted by Gasteiger charge is -2.10. The fraction of sp³-hybridized carbons (Fsp3) is 0.250. The second-order valence-electron chi connectivity index (χ2n) is 4.11. The monoisotopic (exact) mass is 317 g/mol. The van der Waals surface area contributed by atoms with Gasteiger partial charge < -0.3 is 9.84 Å². The van der Waals surface area contributed by atoms with Gasteiger partial charge in [0.1, 0.15) is 5.75 Å². The highest BCUT2D eigenvalue weighted by Crippen LogP contribution is 2.25. The van der Waals surface area contributed by atoms with Crippen LogP contribution in [0.25, 0.3) is 0 Å². The molecule has 0 amide bonds. The summed E-state index contributed by atoms with van der Waals surface area (Å²) in [6.07, 6.45) is 1.15. The summed E-state index contributed by atoms with van der Waals surface area (Å²) >= 11 is 5.83.